The van der Waals surface area contributed by atoms with Gasteiger partial charge in [-0.05, 0) is 30.3 Å². The molecule has 1 aromatic carbocycles. The minimum Gasteiger partial charge on any atom is -0.438 e. The molecule has 0 radical (unpaired) electrons. The Bertz CT molecular complexity index is 677. The van der Waals surface area contributed by atoms with Crippen LogP contribution in [0.2, 0.25) is 0 Å². The number of pyridine rings is 1. The Kier molecular flexibility index (Phi) is 5.02. The van der Waals surface area contributed by atoms with E-state index in [2.05, 4.69) is 20.9 Å². The van der Waals surface area contributed by atoms with Gasteiger partial charge in [-0.25, -0.2) is 4.98 Å². The van der Waals surface area contributed by atoms with Crippen LogP contribution >= 0.6 is 15.9 Å². The van der Waals surface area contributed by atoms with Crippen molar-refractivity contribution in [2.75, 3.05) is 6.54 Å². The van der Waals surface area contributed by atoms with Gasteiger partial charge in [-0.2, -0.15) is 13.2 Å². The van der Waals surface area contributed by atoms with Gasteiger partial charge in [0.1, 0.15) is 17.9 Å². The predicted molar refractivity (Wildman–Crippen MR) is 76.8 cm³/mol. The Hall–Kier alpha value is -2.09. The van der Waals surface area contributed by atoms with E-state index in [4.69, 9.17) is 4.74 Å². The third kappa shape index (κ3) is 4.73. The van der Waals surface area contributed by atoms with Gasteiger partial charge in [0.05, 0.1) is 0 Å². The number of carbonyl (C=O) groups is 1. The summed E-state index contributed by atoms with van der Waals surface area (Å²) in [5.74, 6) is -0.575. The Balaban J connectivity index is 2.18. The quantitative estimate of drug-likeness (QED) is 0.881. The molecule has 2 aromatic rings. The third-order valence-electron chi connectivity index (χ3n) is 2.48. The number of carbonyl (C=O) groups excluding carboxylic acids is 1. The topological polar surface area (TPSA) is 51.2 Å². The number of hydrogen-bond acceptors (Lipinski definition) is 3. The van der Waals surface area contributed by atoms with Crippen molar-refractivity contribution in [3.63, 3.8) is 0 Å². The highest BCUT2D eigenvalue weighted by molar-refractivity contribution is 9.10. The van der Waals surface area contributed by atoms with E-state index in [9.17, 15) is 18.0 Å². The average Bonchev–Trinajstić information content (AvgIpc) is 2.45. The lowest BCUT2D eigenvalue weighted by Gasteiger charge is -2.11. The minimum absolute atomic E-state index is 0.0692. The largest absolute Gasteiger partial charge is 0.438 e. The number of amides is 1. The first-order chi connectivity index (χ1) is 10.3. The number of alkyl halides is 3. The molecule has 1 heterocycles. The molecule has 8 heteroatoms. The molecular formula is C14H10BrF3N2O2. The summed E-state index contributed by atoms with van der Waals surface area (Å²) in [7, 11) is 0. The summed E-state index contributed by atoms with van der Waals surface area (Å²) >= 11 is 3.26. The number of halogens is 4. The van der Waals surface area contributed by atoms with E-state index in [-0.39, 0.29) is 11.4 Å². The molecule has 0 bridgehead atoms. The van der Waals surface area contributed by atoms with Crippen LogP contribution in [-0.2, 0) is 0 Å². The second-order valence-electron chi connectivity index (χ2n) is 4.21. The first-order valence-electron chi connectivity index (χ1n) is 6.08. The smallest absolute Gasteiger partial charge is 0.405 e. The second-order valence-corrected chi connectivity index (χ2v) is 5.13. The standard InChI is InChI=1S/C14H10BrF3N2O2/c15-9-3-1-4-10(7-9)22-13-11(5-2-6-19-13)12(21)20-8-14(16,17)18/h1-7H,8H2,(H,20,21). The lowest BCUT2D eigenvalue weighted by Crippen LogP contribution is -2.33. The molecule has 1 aromatic heterocycles. The van der Waals surface area contributed by atoms with Crippen LogP contribution in [0, 0.1) is 0 Å². The fourth-order valence-corrected chi connectivity index (χ4v) is 1.94. The fraction of sp³-hybridized carbons (Fsp3) is 0.143. The zero-order chi connectivity index (χ0) is 16.2. The Morgan fingerprint density at radius 1 is 1.27 bits per heavy atom. The van der Waals surface area contributed by atoms with Crippen LogP contribution < -0.4 is 10.1 Å². The number of hydrogen-bond donors (Lipinski definition) is 1. The number of rotatable bonds is 4. The van der Waals surface area contributed by atoms with Gasteiger partial charge in [-0.3, -0.25) is 4.79 Å². The zero-order valence-electron chi connectivity index (χ0n) is 11.0. The number of benzene rings is 1. The summed E-state index contributed by atoms with van der Waals surface area (Å²) < 4.78 is 42.7. The van der Waals surface area contributed by atoms with Crippen molar-refractivity contribution in [1.29, 1.82) is 0 Å². The van der Waals surface area contributed by atoms with Gasteiger partial charge in [0.2, 0.25) is 5.88 Å². The second kappa shape index (κ2) is 6.78. The molecule has 0 atom stereocenters. The summed E-state index contributed by atoms with van der Waals surface area (Å²) in [6, 6.07) is 9.55. The van der Waals surface area contributed by atoms with Crippen LogP contribution in [0.3, 0.4) is 0 Å². The normalized spacial score (nSPS) is 11.1. The SMILES string of the molecule is O=C(NCC(F)(F)F)c1cccnc1Oc1cccc(Br)c1. The van der Waals surface area contributed by atoms with Gasteiger partial charge in [0.25, 0.3) is 5.91 Å². The molecule has 22 heavy (non-hydrogen) atoms. The van der Waals surface area contributed by atoms with E-state index < -0.39 is 18.6 Å². The van der Waals surface area contributed by atoms with Gasteiger partial charge >= 0.3 is 6.18 Å². The van der Waals surface area contributed by atoms with Crippen LogP contribution in [-0.4, -0.2) is 23.6 Å². The van der Waals surface area contributed by atoms with Crippen LogP contribution in [0.5, 0.6) is 11.6 Å². The minimum atomic E-state index is -4.48. The third-order valence-corrected chi connectivity index (χ3v) is 2.97. The molecule has 2 rings (SSSR count). The van der Waals surface area contributed by atoms with Crippen molar-refractivity contribution in [3.8, 4) is 11.6 Å². The Morgan fingerprint density at radius 3 is 2.73 bits per heavy atom. The lowest BCUT2D eigenvalue weighted by molar-refractivity contribution is -0.123. The highest BCUT2D eigenvalue weighted by Gasteiger charge is 2.28. The van der Waals surface area contributed by atoms with E-state index in [1.165, 1.54) is 18.3 Å². The van der Waals surface area contributed by atoms with Gasteiger partial charge < -0.3 is 10.1 Å². The molecule has 1 N–H and O–H groups in total. The molecule has 116 valence electrons. The maximum atomic E-state index is 12.2. The first kappa shape index (κ1) is 16.3. The summed E-state index contributed by atoms with van der Waals surface area (Å²) in [5.41, 5.74) is -0.0771. The maximum Gasteiger partial charge on any atom is 0.405 e. The molecule has 0 fully saturated rings. The van der Waals surface area contributed by atoms with Crippen molar-refractivity contribution in [2.45, 2.75) is 6.18 Å². The van der Waals surface area contributed by atoms with E-state index in [1.807, 2.05) is 0 Å². The highest BCUT2D eigenvalue weighted by atomic mass is 79.9. The number of nitrogens with one attached hydrogen (secondary N) is 1. The fourth-order valence-electron chi connectivity index (χ4n) is 1.56. The van der Waals surface area contributed by atoms with Gasteiger partial charge in [-0.15, -0.1) is 0 Å². The highest BCUT2D eigenvalue weighted by Crippen LogP contribution is 2.25. The van der Waals surface area contributed by atoms with Crippen molar-refractivity contribution in [1.82, 2.24) is 10.3 Å². The van der Waals surface area contributed by atoms with Crippen molar-refractivity contribution in [2.24, 2.45) is 0 Å². The monoisotopic (exact) mass is 374 g/mol. The molecule has 0 saturated heterocycles. The average molecular weight is 375 g/mol. The molecule has 0 spiro atoms. The molecule has 0 aliphatic rings. The van der Waals surface area contributed by atoms with Crippen molar-refractivity contribution < 1.29 is 22.7 Å². The van der Waals surface area contributed by atoms with Crippen LogP contribution in [0.1, 0.15) is 10.4 Å². The molecule has 0 aliphatic heterocycles. The summed E-state index contributed by atoms with van der Waals surface area (Å²) in [4.78, 5) is 15.7. The molecule has 0 saturated carbocycles. The van der Waals surface area contributed by atoms with Crippen LogP contribution in [0.15, 0.2) is 47.1 Å². The first-order valence-corrected chi connectivity index (χ1v) is 6.88. The van der Waals surface area contributed by atoms with Crippen LogP contribution in [0.4, 0.5) is 13.2 Å². The molecule has 0 unspecified atom stereocenters. The van der Waals surface area contributed by atoms with Crippen molar-refractivity contribution >= 4 is 21.8 Å². The molecule has 4 nitrogen and oxygen atoms in total. The van der Waals surface area contributed by atoms with E-state index >= 15 is 0 Å². The lowest BCUT2D eigenvalue weighted by atomic mass is 10.2. The van der Waals surface area contributed by atoms with Gasteiger partial charge in [0.15, 0.2) is 0 Å². The molecule has 0 aliphatic carbocycles. The molecule has 1 amide bonds. The van der Waals surface area contributed by atoms with Gasteiger partial charge in [-0.1, -0.05) is 22.0 Å². The summed E-state index contributed by atoms with van der Waals surface area (Å²) in [6.45, 7) is -1.42. The van der Waals surface area contributed by atoms with Crippen LogP contribution in [0.25, 0.3) is 0 Å². The Morgan fingerprint density at radius 2 is 2.05 bits per heavy atom. The predicted octanol–water partition coefficient (Wildman–Crippen LogP) is 3.93. The van der Waals surface area contributed by atoms with Crippen molar-refractivity contribution in [3.05, 3.63) is 52.6 Å². The van der Waals surface area contributed by atoms with Gasteiger partial charge in [0, 0.05) is 10.7 Å². The van der Waals surface area contributed by atoms with E-state index in [1.54, 1.807) is 29.6 Å². The maximum absolute atomic E-state index is 12.2. The Labute approximate surface area is 132 Å². The zero-order valence-corrected chi connectivity index (χ0v) is 12.6. The summed E-state index contributed by atoms with van der Waals surface area (Å²) in [6.07, 6.45) is -3.10. The number of nitrogens with zero attached hydrogens (tertiary/aromatic N) is 1. The molecular weight excluding hydrogens is 365 g/mol. The van der Waals surface area contributed by atoms with E-state index in [0.717, 1.165) is 4.47 Å². The number of aromatic nitrogens is 1. The van der Waals surface area contributed by atoms with E-state index in [0.29, 0.717) is 5.75 Å². The number of ether oxygens (including phenoxy) is 1. The summed E-state index contributed by atoms with van der Waals surface area (Å²) in [5, 5.41) is 1.78.